The van der Waals surface area contributed by atoms with E-state index in [1.807, 2.05) is 12.3 Å². The van der Waals surface area contributed by atoms with Gasteiger partial charge in [-0.3, -0.25) is 4.79 Å². The second-order valence-corrected chi connectivity index (χ2v) is 8.69. The highest BCUT2D eigenvalue weighted by Gasteiger charge is 2.28. The van der Waals surface area contributed by atoms with E-state index < -0.39 is 10.0 Å². The molecule has 1 fully saturated rings. The molecule has 1 saturated carbocycles. The zero-order chi connectivity index (χ0) is 17.3. The van der Waals surface area contributed by atoms with Crippen LogP contribution in [0.1, 0.15) is 39.5 Å². The van der Waals surface area contributed by atoms with Gasteiger partial charge in [0.2, 0.25) is 10.0 Å². The molecule has 1 heterocycles. The van der Waals surface area contributed by atoms with Crippen molar-refractivity contribution in [2.75, 3.05) is 0 Å². The Hall–Kier alpha value is -1.77. The van der Waals surface area contributed by atoms with E-state index in [1.165, 1.54) is 23.5 Å². The number of rotatable bonds is 6. The van der Waals surface area contributed by atoms with E-state index in [-0.39, 0.29) is 16.8 Å². The summed E-state index contributed by atoms with van der Waals surface area (Å²) < 4.78 is 27.2. The average Bonchev–Trinajstić information content (AvgIpc) is 3.23. The van der Waals surface area contributed by atoms with Crippen LogP contribution in [0.15, 0.2) is 28.5 Å². The Bertz CT molecular complexity index is 870. The van der Waals surface area contributed by atoms with Gasteiger partial charge in [0.05, 0.1) is 22.1 Å². The molecule has 0 aliphatic heterocycles. The van der Waals surface area contributed by atoms with Crippen molar-refractivity contribution in [1.82, 2.24) is 15.0 Å². The van der Waals surface area contributed by atoms with Crippen LogP contribution in [0, 0.1) is 13.8 Å². The van der Waals surface area contributed by atoms with Crippen LogP contribution in [-0.2, 0) is 16.6 Å². The maximum atomic E-state index is 12.4. The summed E-state index contributed by atoms with van der Waals surface area (Å²) in [5.74, 6) is -0.304. The number of aromatic nitrogens is 1. The molecular formula is C16H19N3O3S2. The Morgan fingerprint density at radius 2 is 2.08 bits per heavy atom. The van der Waals surface area contributed by atoms with E-state index in [4.69, 9.17) is 0 Å². The second kappa shape index (κ2) is 6.62. The molecule has 128 valence electrons. The molecule has 1 aromatic carbocycles. The number of carbonyl (C=O) groups is 1. The van der Waals surface area contributed by atoms with E-state index >= 15 is 0 Å². The van der Waals surface area contributed by atoms with E-state index in [9.17, 15) is 13.2 Å². The van der Waals surface area contributed by atoms with Gasteiger partial charge in [0.1, 0.15) is 0 Å². The van der Waals surface area contributed by atoms with Crippen molar-refractivity contribution in [3.63, 3.8) is 0 Å². The number of thiazole rings is 1. The standard InChI is InChI=1S/C16H19N3O3S2/c1-10-3-6-14(24(21,22)19-12-4-5-12)7-15(10)16(20)17-8-13-9-23-11(2)18-13/h3,6-7,9,12,19H,4-5,8H2,1-2H3,(H,17,20). The Balaban J connectivity index is 1.76. The van der Waals surface area contributed by atoms with Crippen molar-refractivity contribution in [3.05, 3.63) is 45.4 Å². The van der Waals surface area contributed by atoms with Crippen molar-refractivity contribution in [3.8, 4) is 0 Å². The fourth-order valence-corrected chi connectivity index (χ4v) is 4.20. The zero-order valence-electron chi connectivity index (χ0n) is 13.5. The highest BCUT2D eigenvalue weighted by atomic mass is 32.2. The van der Waals surface area contributed by atoms with E-state index in [1.54, 1.807) is 13.0 Å². The van der Waals surface area contributed by atoms with Crippen LogP contribution >= 0.6 is 11.3 Å². The molecule has 0 bridgehead atoms. The van der Waals surface area contributed by atoms with Gasteiger partial charge < -0.3 is 5.32 Å². The van der Waals surface area contributed by atoms with Crippen LogP contribution in [0.25, 0.3) is 0 Å². The molecule has 2 aromatic rings. The molecule has 0 radical (unpaired) electrons. The maximum absolute atomic E-state index is 12.4. The Kier molecular flexibility index (Phi) is 4.71. The smallest absolute Gasteiger partial charge is 0.251 e. The SMILES string of the molecule is Cc1nc(CNC(=O)c2cc(S(=O)(=O)NC3CC3)ccc2C)cs1. The molecule has 0 unspecified atom stereocenters. The van der Waals surface area contributed by atoms with Gasteiger partial charge in [-0.15, -0.1) is 11.3 Å². The van der Waals surface area contributed by atoms with Gasteiger partial charge in [-0.05, 0) is 44.4 Å². The second-order valence-electron chi connectivity index (χ2n) is 5.91. The van der Waals surface area contributed by atoms with E-state index in [0.717, 1.165) is 29.1 Å². The fourth-order valence-electron chi connectivity index (χ4n) is 2.26. The van der Waals surface area contributed by atoms with Crippen LogP contribution < -0.4 is 10.0 Å². The van der Waals surface area contributed by atoms with Crippen LogP contribution in [0.3, 0.4) is 0 Å². The molecule has 8 heteroatoms. The summed E-state index contributed by atoms with van der Waals surface area (Å²) >= 11 is 1.52. The minimum Gasteiger partial charge on any atom is -0.346 e. The first-order valence-corrected chi connectivity index (χ1v) is 10.0. The summed E-state index contributed by atoms with van der Waals surface area (Å²) in [5, 5.41) is 5.62. The summed E-state index contributed by atoms with van der Waals surface area (Å²) in [7, 11) is -3.57. The van der Waals surface area contributed by atoms with Gasteiger partial charge in [-0.1, -0.05) is 6.07 Å². The van der Waals surface area contributed by atoms with Gasteiger partial charge >= 0.3 is 0 Å². The molecule has 3 rings (SSSR count). The highest BCUT2D eigenvalue weighted by molar-refractivity contribution is 7.89. The number of nitrogens with zero attached hydrogens (tertiary/aromatic N) is 1. The molecule has 2 N–H and O–H groups in total. The normalized spacial score (nSPS) is 14.6. The molecule has 0 atom stereocenters. The van der Waals surface area contributed by atoms with Crippen molar-refractivity contribution in [2.24, 2.45) is 0 Å². The van der Waals surface area contributed by atoms with E-state index in [0.29, 0.717) is 12.1 Å². The first kappa shape index (κ1) is 17.1. The first-order chi connectivity index (χ1) is 11.3. The third kappa shape index (κ3) is 4.00. The molecular weight excluding hydrogens is 346 g/mol. The zero-order valence-corrected chi connectivity index (χ0v) is 15.1. The Morgan fingerprint density at radius 1 is 1.33 bits per heavy atom. The van der Waals surface area contributed by atoms with Crippen LogP contribution in [0.5, 0.6) is 0 Å². The summed E-state index contributed by atoms with van der Waals surface area (Å²) in [6.45, 7) is 4.01. The fraction of sp³-hybridized carbons (Fsp3) is 0.375. The maximum Gasteiger partial charge on any atom is 0.251 e. The number of benzene rings is 1. The lowest BCUT2D eigenvalue weighted by Gasteiger charge is -2.10. The van der Waals surface area contributed by atoms with Gasteiger partial charge in [-0.25, -0.2) is 18.1 Å². The largest absolute Gasteiger partial charge is 0.346 e. The number of carbonyl (C=O) groups excluding carboxylic acids is 1. The molecule has 1 aliphatic carbocycles. The lowest BCUT2D eigenvalue weighted by Crippen LogP contribution is -2.27. The summed E-state index contributed by atoms with van der Waals surface area (Å²) in [5.41, 5.74) is 1.88. The predicted molar refractivity (Wildman–Crippen MR) is 92.5 cm³/mol. The lowest BCUT2D eigenvalue weighted by molar-refractivity contribution is 0.0949. The molecule has 6 nitrogen and oxygen atoms in total. The summed E-state index contributed by atoms with van der Waals surface area (Å²) in [6.07, 6.45) is 1.73. The van der Waals surface area contributed by atoms with Crippen LogP contribution in [-0.4, -0.2) is 25.4 Å². The topological polar surface area (TPSA) is 88.2 Å². The minimum atomic E-state index is -3.57. The number of hydrogen-bond acceptors (Lipinski definition) is 5. The minimum absolute atomic E-state index is 0.0292. The van der Waals surface area contributed by atoms with Gasteiger partial charge in [0, 0.05) is 17.0 Å². The molecule has 0 saturated heterocycles. The third-order valence-corrected chi connectivity index (χ3v) is 6.10. The quantitative estimate of drug-likeness (QED) is 0.821. The Labute approximate surface area is 145 Å². The molecule has 24 heavy (non-hydrogen) atoms. The highest BCUT2D eigenvalue weighted by Crippen LogP contribution is 2.23. The van der Waals surface area contributed by atoms with Crippen molar-refractivity contribution in [1.29, 1.82) is 0 Å². The van der Waals surface area contributed by atoms with E-state index in [2.05, 4.69) is 15.0 Å². The van der Waals surface area contributed by atoms with Crippen molar-refractivity contribution < 1.29 is 13.2 Å². The monoisotopic (exact) mass is 365 g/mol. The van der Waals surface area contributed by atoms with Crippen LogP contribution in [0.4, 0.5) is 0 Å². The third-order valence-electron chi connectivity index (χ3n) is 3.76. The van der Waals surface area contributed by atoms with Crippen molar-refractivity contribution >= 4 is 27.3 Å². The van der Waals surface area contributed by atoms with Gasteiger partial charge in [0.15, 0.2) is 0 Å². The summed E-state index contributed by atoms with van der Waals surface area (Å²) in [6, 6.07) is 4.65. The molecule has 0 spiro atoms. The number of amides is 1. The molecule has 1 amide bonds. The molecule has 1 aromatic heterocycles. The lowest BCUT2D eigenvalue weighted by atomic mass is 10.1. The first-order valence-electron chi connectivity index (χ1n) is 7.67. The predicted octanol–water partition coefficient (Wildman–Crippen LogP) is 2.13. The Morgan fingerprint density at radius 3 is 2.71 bits per heavy atom. The number of hydrogen-bond donors (Lipinski definition) is 2. The van der Waals surface area contributed by atoms with Gasteiger partial charge in [0.25, 0.3) is 5.91 Å². The van der Waals surface area contributed by atoms with Crippen molar-refractivity contribution in [2.45, 2.75) is 44.2 Å². The average molecular weight is 365 g/mol. The summed E-state index contributed by atoms with van der Waals surface area (Å²) in [4.78, 5) is 16.8. The van der Waals surface area contributed by atoms with Gasteiger partial charge in [-0.2, -0.15) is 0 Å². The number of nitrogens with one attached hydrogen (secondary N) is 2. The number of sulfonamides is 1. The van der Waals surface area contributed by atoms with Crippen LogP contribution in [0.2, 0.25) is 0 Å². The molecule has 1 aliphatic rings. The number of aryl methyl sites for hydroxylation is 2.